The van der Waals surface area contributed by atoms with Crippen LogP contribution in [0.15, 0.2) is 29.4 Å². The minimum absolute atomic E-state index is 0.0959. The van der Waals surface area contributed by atoms with Crippen molar-refractivity contribution in [3.8, 4) is 0 Å². The van der Waals surface area contributed by atoms with Gasteiger partial charge in [-0.1, -0.05) is 29.4 Å². The van der Waals surface area contributed by atoms with Crippen molar-refractivity contribution in [1.82, 2.24) is 4.90 Å². The van der Waals surface area contributed by atoms with Gasteiger partial charge in [-0.2, -0.15) is 0 Å². The van der Waals surface area contributed by atoms with Crippen molar-refractivity contribution in [2.75, 3.05) is 0 Å². The number of azide groups is 1. The molecule has 1 aromatic rings. The zero-order valence-corrected chi connectivity index (χ0v) is 13.1. The summed E-state index contributed by atoms with van der Waals surface area (Å²) >= 11 is 8.20. The molecule has 1 aliphatic rings. The molecule has 1 unspecified atom stereocenters. The van der Waals surface area contributed by atoms with E-state index in [4.69, 9.17) is 5.53 Å². The maximum absolute atomic E-state index is 12.0. The van der Waals surface area contributed by atoms with Crippen LogP contribution in [0.1, 0.15) is 24.8 Å². The third-order valence-electron chi connectivity index (χ3n) is 3.31. The van der Waals surface area contributed by atoms with Crippen molar-refractivity contribution in [3.63, 3.8) is 0 Å². The third-order valence-corrected chi connectivity index (χ3v) is 4.08. The van der Waals surface area contributed by atoms with E-state index in [0.717, 1.165) is 4.90 Å². The molecule has 0 spiro atoms. The lowest BCUT2D eigenvalue weighted by atomic mass is 10.0. The molecule has 1 atom stereocenters. The van der Waals surface area contributed by atoms with Crippen molar-refractivity contribution in [2.24, 2.45) is 5.11 Å². The Kier molecular flexibility index (Phi) is 4.80. The summed E-state index contributed by atoms with van der Waals surface area (Å²) in [4.78, 5) is 37.8. The van der Waals surface area contributed by atoms with Gasteiger partial charge in [0.15, 0.2) is 5.12 Å². The highest BCUT2D eigenvalue weighted by Gasteiger charge is 2.46. The van der Waals surface area contributed by atoms with E-state index in [1.807, 2.05) is 0 Å². The molecule has 0 bridgehead atoms. The number of likely N-dealkylation sites (tertiary alicyclic amines) is 1. The van der Waals surface area contributed by atoms with Crippen LogP contribution in [0.4, 0.5) is 5.69 Å². The second-order valence-electron chi connectivity index (χ2n) is 4.75. The van der Waals surface area contributed by atoms with Crippen LogP contribution >= 0.6 is 25.3 Å². The topological polar surface area (TPSA) is 103 Å². The molecule has 0 aliphatic carbocycles. The van der Waals surface area contributed by atoms with E-state index in [1.165, 1.54) is 12.1 Å². The molecule has 1 fully saturated rings. The van der Waals surface area contributed by atoms with Gasteiger partial charge in [-0.15, -0.1) is 25.3 Å². The van der Waals surface area contributed by atoms with Gasteiger partial charge in [-0.05, 0) is 11.1 Å². The SMILES string of the molecule is [N-]=[N+]=Nc1ccc(C(S)(CC(=O)S)N2C(=O)CCC2=O)cc1. The van der Waals surface area contributed by atoms with Crippen LogP contribution in [-0.4, -0.2) is 21.8 Å². The van der Waals surface area contributed by atoms with E-state index in [-0.39, 0.29) is 31.1 Å². The Morgan fingerprint density at radius 2 is 1.82 bits per heavy atom. The summed E-state index contributed by atoms with van der Waals surface area (Å²) in [5.41, 5.74) is 9.25. The Bertz CT molecular complexity index is 669. The Balaban J connectivity index is 2.48. The van der Waals surface area contributed by atoms with Crippen molar-refractivity contribution >= 4 is 47.9 Å². The second-order valence-corrected chi connectivity index (χ2v) is 5.98. The van der Waals surface area contributed by atoms with Gasteiger partial charge in [-0.3, -0.25) is 19.3 Å². The van der Waals surface area contributed by atoms with Gasteiger partial charge in [0.05, 0.1) is 6.42 Å². The van der Waals surface area contributed by atoms with E-state index < -0.39 is 9.99 Å². The maximum Gasteiger partial charge on any atom is 0.231 e. The van der Waals surface area contributed by atoms with Gasteiger partial charge in [0.25, 0.3) is 0 Å². The number of carbonyl (C=O) groups is 3. The summed E-state index contributed by atoms with van der Waals surface area (Å²) in [6.07, 6.45) is -0.0327. The van der Waals surface area contributed by atoms with Crippen molar-refractivity contribution < 1.29 is 14.4 Å². The number of hydrogen-bond donors (Lipinski definition) is 2. The van der Waals surface area contributed by atoms with E-state index >= 15 is 0 Å². The van der Waals surface area contributed by atoms with Gasteiger partial charge < -0.3 is 0 Å². The van der Waals surface area contributed by atoms with Gasteiger partial charge in [0, 0.05) is 23.4 Å². The predicted octanol–water partition coefficient (Wildman–Crippen LogP) is 2.71. The minimum Gasteiger partial charge on any atom is -0.287 e. The average molecular weight is 336 g/mol. The van der Waals surface area contributed by atoms with Crippen LogP contribution in [0.2, 0.25) is 0 Å². The zero-order chi connectivity index (χ0) is 16.3. The van der Waals surface area contributed by atoms with Crippen molar-refractivity contribution in [1.29, 1.82) is 0 Å². The Hall–Kier alpha value is -1.96. The first-order chi connectivity index (χ1) is 10.4. The Labute approximate surface area is 137 Å². The van der Waals surface area contributed by atoms with Crippen LogP contribution in [0.3, 0.4) is 0 Å². The third kappa shape index (κ3) is 3.11. The van der Waals surface area contributed by atoms with Crippen molar-refractivity contribution in [3.05, 3.63) is 40.3 Å². The molecule has 1 aromatic carbocycles. The van der Waals surface area contributed by atoms with Gasteiger partial charge >= 0.3 is 0 Å². The van der Waals surface area contributed by atoms with Crippen LogP contribution in [0.25, 0.3) is 10.4 Å². The summed E-state index contributed by atoms with van der Waals surface area (Å²) in [6, 6.07) is 6.17. The number of amides is 2. The van der Waals surface area contributed by atoms with E-state index in [9.17, 15) is 14.4 Å². The highest BCUT2D eigenvalue weighted by Crippen LogP contribution is 2.40. The predicted molar refractivity (Wildman–Crippen MR) is 85.6 cm³/mol. The largest absolute Gasteiger partial charge is 0.287 e. The van der Waals surface area contributed by atoms with Crippen LogP contribution in [0.5, 0.6) is 0 Å². The molecule has 2 amide bonds. The molecular formula is C13H12N4O3S2. The first kappa shape index (κ1) is 16.4. The highest BCUT2D eigenvalue weighted by molar-refractivity contribution is 7.96. The molecule has 0 N–H and O–H groups in total. The fourth-order valence-corrected chi connectivity index (χ4v) is 3.23. The fourth-order valence-electron chi connectivity index (χ4n) is 2.36. The van der Waals surface area contributed by atoms with E-state index in [2.05, 4.69) is 35.3 Å². The first-order valence-corrected chi connectivity index (χ1v) is 7.23. The smallest absolute Gasteiger partial charge is 0.231 e. The lowest BCUT2D eigenvalue weighted by Crippen LogP contribution is -2.46. The molecule has 7 nitrogen and oxygen atoms in total. The molecule has 0 saturated carbocycles. The molecule has 114 valence electrons. The maximum atomic E-state index is 12.0. The molecule has 1 saturated heterocycles. The van der Waals surface area contributed by atoms with Gasteiger partial charge in [0.2, 0.25) is 11.8 Å². The van der Waals surface area contributed by atoms with E-state index in [1.54, 1.807) is 12.1 Å². The molecule has 1 aliphatic heterocycles. The highest BCUT2D eigenvalue weighted by atomic mass is 32.1. The van der Waals surface area contributed by atoms with Crippen molar-refractivity contribution in [2.45, 2.75) is 24.1 Å². The number of rotatable bonds is 5. The summed E-state index contributed by atoms with van der Waals surface area (Å²) in [5, 5.41) is 2.95. The average Bonchev–Trinajstić information content (AvgIpc) is 2.79. The molecule has 2 rings (SSSR count). The zero-order valence-electron chi connectivity index (χ0n) is 11.3. The number of imide groups is 1. The lowest BCUT2D eigenvalue weighted by Gasteiger charge is -2.36. The summed E-state index contributed by atoms with van der Waals surface area (Å²) in [5.74, 6) is -0.762. The normalized spacial score (nSPS) is 17.1. The summed E-state index contributed by atoms with van der Waals surface area (Å²) in [7, 11) is 0. The van der Waals surface area contributed by atoms with Gasteiger partial charge in [-0.25, -0.2) is 0 Å². The molecule has 9 heteroatoms. The van der Waals surface area contributed by atoms with Crippen LogP contribution in [0, 0.1) is 0 Å². The fraction of sp³-hybridized carbons (Fsp3) is 0.308. The molecule has 1 heterocycles. The summed E-state index contributed by atoms with van der Waals surface area (Å²) in [6.45, 7) is 0. The monoisotopic (exact) mass is 336 g/mol. The number of hydrogen-bond acceptors (Lipinski definition) is 5. The Morgan fingerprint density at radius 1 is 1.27 bits per heavy atom. The quantitative estimate of drug-likeness (QED) is 0.284. The number of benzene rings is 1. The number of carbonyl (C=O) groups excluding carboxylic acids is 3. The van der Waals surface area contributed by atoms with Crippen LogP contribution < -0.4 is 0 Å². The molecule has 0 radical (unpaired) electrons. The Morgan fingerprint density at radius 3 is 2.27 bits per heavy atom. The first-order valence-electron chi connectivity index (χ1n) is 6.34. The molecule has 0 aromatic heterocycles. The molecule has 22 heavy (non-hydrogen) atoms. The van der Waals surface area contributed by atoms with E-state index in [0.29, 0.717) is 11.3 Å². The number of thiol groups is 2. The minimum atomic E-state index is -1.40. The number of nitrogens with zero attached hydrogens (tertiary/aromatic N) is 4. The molecular weight excluding hydrogens is 324 g/mol. The summed E-state index contributed by atoms with van der Waals surface area (Å²) < 4.78 is 0. The standard InChI is InChI=1S/C13H12N4O3S2/c14-16-15-9-3-1-8(2-4-9)13(22,7-12(20)21)17-10(18)5-6-11(17)19/h1-4,22H,5-7H2,(H,20,21). The van der Waals surface area contributed by atoms with Crippen LogP contribution in [-0.2, 0) is 19.3 Å². The van der Waals surface area contributed by atoms with Gasteiger partial charge in [0.1, 0.15) is 4.87 Å². The lowest BCUT2D eigenvalue weighted by molar-refractivity contribution is -0.142. The second kappa shape index (κ2) is 6.43.